The maximum absolute atomic E-state index is 11.5. The van der Waals surface area contributed by atoms with Crippen molar-refractivity contribution in [3.05, 3.63) is 101 Å². The highest BCUT2D eigenvalue weighted by molar-refractivity contribution is 6.31. The SMILES string of the molecule is Cc1ccc(-c2cc(Cl)ccc2OCc2ccccc2)n1-c1ccc(O)c(C(=O)O)c1. The second-order valence-corrected chi connectivity index (χ2v) is 7.55. The number of nitrogens with zero attached hydrogens (tertiary/aromatic N) is 1. The van der Waals surface area contributed by atoms with Crippen LogP contribution in [0.2, 0.25) is 5.02 Å². The van der Waals surface area contributed by atoms with Gasteiger partial charge >= 0.3 is 5.97 Å². The molecule has 0 spiro atoms. The lowest BCUT2D eigenvalue weighted by molar-refractivity contribution is 0.0693. The van der Waals surface area contributed by atoms with Gasteiger partial charge < -0.3 is 19.5 Å². The van der Waals surface area contributed by atoms with E-state index >= 15 is 0 Å². The van der Waals surface area contributed by atoms with Gasteiger partial charge in [-0.3, -0.25) is 0 Å². The molecule has 0 atom stereocenters. The van der Waals surface area contributed by atoms with Crippen molar-refractivity contribution >= 4 is 17.6 Å². The first-order chi connectivity index (χ1) is 14.9. The molecule has 0 fully saturated rings. The van der Waals surface area contributed by atoms with Crippen LogP contribution in [0.4, 0.5) is 0 Å². The average molecular weight is 434 g/mol. The van der Waals surface area contributed by atoms with Crippen LogP contribution in [0.5, 0.6) is 11.5 Å². The van der Waals surface area contributed by atoms with Gasteiger partial charge in [0.25, 0.3) is 0 Å². The molecule has 0 unspecified atom stereocenters. The van der Waals surface area contributed by atoms with Gasteiger partial charge in [0.05, 0.1) is 5.69 Å². The number of hydrogen-bond acceptors (Lipinski definition) is 3. The van der Waals surface area contributed by atoms with Crippen molar-refractivity contribution < 1.29 is 19.7 Å². The second-order valence-electron chi connectivity index (χ2n) is 7.12. The molecule has 5 nitrogen and oxygen atoms in total. The van der Waals surface area contributed by atoms with Gasteiger partial charge in [0.1, 0.15) is 23.7 Å². The average Bonchev–Trinajstić information content (AvgIpc) is 3.15. The van der Waals surface area contributed by atoms with Crippen LogP contribution in [0.1, 0.15) is 21.6 Å². The van der Waals surface area contributed by atoms with Gasteiger partial charge in [-0.1, -0.05) is 41.9 Å². The van der Waals surface area contributed by atoms with Gasteiger partial charge in [0.15, 0.2) is 0 Å². The van der Waals surface area contributed by atoms with Crippen LogP contribution >= 0.6 is 11.6 Å². The van der Waals surface area contributed by atoms with Crippen LogP contribution in [0.15, 0.2) is 78.9 Å². The van der Waals surface area contributed by atoms with Crippen LogP contribution in [-0.4, -0.2) is 20.7 Å². The number of benzene rings is 3. The highest BCUT2D eigenvalue weighted by Crippen LogP contribution is 2.36. The molecule has 1 aromatic heterocycles. The Morgan fingerprint density at radius 2 is 1.77 bits per heavy atom. The summed E-state index contributed by atoms with van der Waals surface area (Å²) in [4.78, 5) is 11.5. The summed E-state index contributed by atoms with van der Waals surface area (Å²) in [5.74, 6) is -0.817. The van der Waals surface area contributed by atoms with Gasteiger partial charge in [0.2, 0.25) is 0 Å². The first kappa shape index (κ1) is 20.6. The number of aromatic hydroxyl groups is 1. The van der Waals surface area contributed by atoms with E-state index in [-0.39, 0.29) is 11.3 Å². The zero-order valence-corrected chi connectivity index (χ0v) is 17.5. The van der Waals surface area contributed by atoms with E-state index in [1.807, 2.05) is 66.1 Å². The lowest BCUT2D eigenvalue weighted by Crippen LogP contribution is -2.04. The van der Waals surface area contributed by atoms with Crippen molar-refractivity contribution in [1.82, 2.24) is 4.57 Å². The Morgan fingerprint density at radius 1 is 1.00 bits per heavy atom. The Balaban J connectivity index is 1.79. The summed E-state index contributed by atoms with van der Waals surface area (Å²) in [7, 11) is 0. The number of halogens is 1. The third kappa shape index (κ3) is 4.27. The summed E-state index contributed by atoms with van der Waals surface area (Å²) in [6, 6.07) is 23.7. The van der Waals surface area contributed by atoms with E-state index in [0.717, 1.165) is 22.5 Å². The second kappa shape index (κ2) is 8.58. The lowest BCUT2D eigenvalue weighted by Gasteiger charge is -2.17. The summed E-state index contributed by atoms with van der Waals surface area (Å²) < 4.78 is 8.02. The molecule has 2 N–H and O–H groups in total. The molecule has 0 aliphatic rings. The number of phenols is 1. The number of carboxylic acids is 1. The van der Waals surface area contributed by atoms with Crippen molar-refractivity contribution in [3.8, 4) is 28.4 Å². The van der Waals surface area contributed by atoms with E-state index in [4.69, 9.17) is 16.3 Å². The summed E-state index contributed by atoms with van der Waals surface area (Å²) in [5, 5.41) is 19.8. The number of aromatic carboxylic acids is 1. The largest absolute Gasteiger partial charge is 0.507 e. The minimum absolute atomic E-state index is 0.164. The maximum Gasteiger partial charge on any atom is 0.339 e. The van der Waals surface area contributed by atoms with Crippen LogP contribution < -0.4 is 4.74 Å². The number of rotatable bonds is 6. The van der Waals surface area contributed by atoms with Crippen molar-refractivity contribution in [3.63, 3.8) is 0 Å². The normalized spacial score (nSPS) is 10.8. The molecule has 4 rings (SSSR count). The minimum Gasteiger partial charge on any atom is -0.507 e. The van der Waals surface area contributed by atoms with E-state index in [9.17, 15) is 15.0 Å². The fourth-order valence-electron chi connectivity index (χ4n) is 3.49. The van der Waals surface area contributed by atoms with Crippen molar-refractivity contribution in [2.75, 3.05) is 0 Å². The third-order valence-electron chi connectivity index (χ3n) is 5.00. The number of aromatic nitrogens is 1. The Hall–Kier alpha value is -3.70. The fraction of sp³-hybridized carbons (Fsp3) is 0.0800. The van der Waals surface area contributed by atoms with Gasteiger partial charge in [-0.25, -0.2) is 4.79 Å². The molecule has 0 saturated carbocycles. The molecule has 0 aliphatic heterocycles. The topological polar surface area (TPSA) is 71.7 Å². The molecule has 0 saturated heterocycles. The molecular formula is C25H20ClNO4. The maximum atomic E-state index is 11.5. The summed E-state index contributed by atoms with van der Waals surface area (Å²) in [6.07, 6.45) is 0. The Bertz CT molecular complexity index is 1250. The highest BCUT2D eigenvalue weighted by Gasteiger charge is 2.17. The molecule has 156 valence electrons. The molecule has 3 aromatic carbocycles. The van der Waals surface area contributed by atoms with Crippen LogP contribution in [0.3, 0.4) is 0 Å². The lowest BCUT2D eigenvalue weighted by atomic mass is 10.1. The smallest absolute Gasteiger partial charge is 0.339 e. The number of carboxylic acid groups (broad SMARTS) is 1. The molecule has 0 radical (unpaired) electrons. The van der Waals surface area contributed by atoms with Gasteiger partial charge in [-0.2, -0.15) is 0 Å². The van der Waals surface area contributed by atoms with Gasteiger partial charge in [0, 0.05) is 22.0 Å². The van der Waals surface area contributed by atoms with E-state index in [1.165, 1.54) is 12.1 Å². The zero-order valence-electron chi connectivity index (χ0n) is 16.7. The molecule has 31 heavy (non-hydrogen) atoms. The first-order valence-corrected chi connectivity index (χ1v) is 10.0. The van der Waals surface area contributed by atoms with E-state index < -0.39 is 5.97 Å². The van der Waals surface area contributed by atoms with Crippen LogP contribution in [0, 0.1) is 6.92 Å². The Morgan fingerprint density at radius 3 is 2.52 bits per heavy atom. The first-order valence-electron chi connectivity index (χ1n) is 9.65. The number of ether oxygens (including phenoxy) is 1. The van der Waals surface area contributed by atoms with Crippen LogP contribution in [-0.2, 0) is 6.61 Å². The van der Waals surface area contributed by atoms with E-state index in [2.05, 4.69) is 0 Å². The predicted octanol–water partition coefficient (Wildman–Crippen LogP) is 6.09. The van der Waals surface area contributed by atoms with Crippen molar-refractivity contribution in [2.24, 2.45) is 0 Å². The van der Waals surface area contributed by atoms with E-state index in [1.54, 1.807) is 12.1 Å². The molecule has 4 aromatic rings. The monoisotopic (exact) mass is 433 g/mol. The molecule has 0 aliphatic carbocycles. The zero-order chi connectivity index (χ0) is 22.0. The molecule has 6 heteroatoms. The predicted molar refractivity (Wildman–Crippen MR) is 120 cm³/mol. The standard InChI is InChI=1S/C25H20ClNO4/c1-16-7-10-22(27(16)19-9-11-23(28)21(14-19)25(29)30)20-13-18(26)8-12-24(20)31-15-17-5-3-2-4-6-17/h2-14,28H,15H2,1H3,(H,29,30). The van der Waals surface area contributed by atoms with Gasteiger partial charge in [-0.05, 0) is 61.0 Å². The molecule has 0 bridgehead atoms. The summed E-state index contributed by atoms with van der Waals surface area (Å²) in [5.41, 5.74) is 3.96. The minimum atomic E-state index is -1.19. The van der Waals surface area contributed by atoms with Crippen LogP contribution in [0.25, 0.3) is 16.9 Å². The quantitative estimate of drug-likeness (QED) is 0.386. The number of hydrogen-bond donors (Lipinski definition) is 2. The number of carbonyl (C=O) groups is 1. The van der Waals surface area contributed by atoms with Crippen molar-refractivity contribution in [1.29, 1.82) is 0 Å². The Kier molecular flexibility index (Phi) is 5.69. The molecule has 1 heterocycles. The van der Waals surface area contributed by atoms with Gasteiger partial charge in [-0.15, -0.1) is 0 Å². The third-order valence-corrected chi connectivity index (χ3v) is 5.23. The molecule has 0 amide bonds. The summed E-state index contributed by atoms with van der Waals surface area (Å²) in [6.45, 7) is 2.32. The fourth-order valence-corrected chi connectivity index (χ4v) is 3.66. The molecular weight excluding hydrogens is 414 g/mol. The van der Waals surface area contributed by atoms with E-state index in [0.29, 0.717) is 23.1 Å². The van der Waals surface area contributed by atoms with Crippen molar-refractivity contribution in [2.45, 2.75) is 13.5 Å². The number of aryl methyl sites for hydroxylation is 1. The Labute approximate surface area is 184 Å². The highest BCUT2D eigenvalue weighted by atomic mass is 35.5. The summed E-state index contributed by atoms with van der Waals surface area (Å²) >= 11 is 6.30.